The first-order valence-corrected chi connectivity index (χ1v) is 9.64. The zero-order valence-corrected chi connectivity index (χ0v) is 16.4. The third-order valence-corrected chi connectivity index (χ3v) is 5.32. The Kier molecular flexibility index (Phi) is 3.26. The van der Waals surface area contributed by atoms with E-state index in [2.05, 4.69) is 35.3 Å². The van der Waals surface area contributed by atoms with Gasteiger partial charge in [-0.15, -0.1) is 0 Å². The van der Waals surface area contributed by atoms with Gasteiger partial charge in [-0.25, -0.2) is 0 Å². The molecule has 0 spiro atoms. The van der Waals surface area contributed by atoms with Crippen LogP contribution in [0.4, 0.5) is 0 Å². The van der Waals surface area contributed by atoms with E-state index < -0.39 is 12.7 Å². The largest absolute Gasteiger partial charge is 0.456 e. The van der Waals surface area contributed by atoms with Crippen molar-refractivity contribution in [3.63, 3.8) is 0 Å². The average molecular weight is 382 g/mol. The molecule has 0 fully saturated rings. The van der Waals surface area contributed by atoms with Crippen LogP contribution in [0.5, 0.6) is 0 Å². The van der Waals surface area contributed by atoms with Crippen molar-refractivity contribution in [3.8, 4) is 22.4 Å². The molecule has 29 heavy (non-hydrogen) atoms. The molecule has 0 unspecified atom stereocenters. The summed E-state index contributed by atoms with van der Waals surface area (Å²) in [5.41, 5.74) is 5.86. The molecule has 2 heterocycles. The van der Waals surface area contributed by atoms with Crippen LogP contribution in [0.25, 0.3) is 44.3 Å². The highest BCUT2D eigenvalue weighted by Gasteiger charge is 2.12. The van der Waals surface area contributed by atoms with Gasteiger partial charge in [-0.2, -0.15) is 0 Å². The van der Waals surface area contributed by atoms with E-state index in [1.165, 1.54) is 6.20 Å². The molecule has 0 saturated heterocycles. The summed E-state index contributed by atoms with van der Waals surface area (Å²) in [5.74, 6) is -1.07. The number of fused-ring (bicyclic) bond motifs is 3. The smallest absolute Gasteiger partial charge is 0.136 e. The Hall–Kier alpha value is -3.39. The van der Waals surface area contributed by atoms with Crippen LogP contribution in [0, 0.1) is 6.85 Å². The molecule has 5 rings (SSSR count). The van der Waals surface area contributed by atoms with E-state index >= 15 is 0 Å². The Labute approximate surface area is 176 Å². The van der Waals surface area contributed by atoms with Gasteiger partial charge in [-0.3, -0.25) is 4.98 Å². The fraction of sp³-hybridized carbons (Fsp3) is 0.148. The molecule has 0 atom stereocenters. The Morgan fingerprint density at radius 3 is 2.45 bits per heavy atom. The van der Waals surface area contributed by atoms with Crippen LogP contribution in [0.3, 0.4) is 0 Å². The van der Waals surface area contributed by atoms with Gasteiger partial charge in [-0.05, 0) is 71.4 Å². The number of aromatic nitrogens is 1. The maximum Gasteiger partial charge on any atom is 0.136 e. The minimum Gasteiger partial charge on any atom is -0.456 e. The summed E-state index contributed by atoms with van der Waals surface area (Å²) >= 11 is 0. The molecule has 5 aromatic rings. The van der Waals surface area contributed by atoms with Crippen LogP contribution in [0.2, 0.25) is 0 Å². The Bertz CT molecular complexity index is 1480. The third-order valence-electron chi connectivity index (χ3n) is 5.32. The van der Waals surface area contributed by atoms with E-state index in [1.807, 2.05) is 36.4 Å². The number of hydrogen-bond acceptors (Lipinski definition) is 2. The van der Waals surface area contributed by atoms with Gasteiger partial charge in [-0.1, -0.05) is 50.2 Å². The molecule has 3 aromatic carbocycles. The summed E-state index contributed by atoms with van der Waals surface area (Å²) in [6, 6.07) is 23.9. The fourth-order valence-corrected chi connectivity index (χ4v) is 3.77. The molecule has 0 aliphatic carbocycles. The summed E-state index contributed by atoms with van der Waals surface area (Å²) in [6.07, 6.45) is 1.39. The van der Waals surface area contributed by atoms with Crippen LogP contribution in [-0.4, -0.2) is 4.98 Å². The molecule has 0 aliphatic rings. The number of rotatable bonds is 3. The predicted molar refractivity (Wildman–Crippen MR) is 121 cm³/mol. The van der Waals surface area contributed by atoms with Gasteiger partial charge >= 0.3 is 0 Å². The Morgan fingerprint density at radius 2 is 1.66 bits per heavy atom. The molecule has 2 nitrogen and oxygen atoms in total. The summed E-state index contributed by atoms with van der Waals surface area (Å²) in [7, 11) is 0. The summed E-state index contributed by atoms with van der Waals surface area (Å²) in [5, 5.41) is 1.97. The van der Waals surface area contributed by atoms with Crippen molar-refractivity contribution < 1.29 is 9.90 Å². The highest BCUT2D eigenvalue weighted by molar-refractivity contribution is 6.07. The molecule has 0 bridgehead atoms. The van der Waals surface area contributed by atoms with Crippen molar-refractivity contribution in [1.82, 2.24) is 4.98 Å². The molecule has 2 heteroatoms. The first-order chi connectivity index (χ1) is 15.6. The van der Waals surface area contributed by atoms with E-state index in [9.17, 15) is 0 Å². The van der Waals surface area contributed by atoms with Gasteiger partial charge < -0.3 is 4.42 Å². The minimum absolute atomic E-state index is 0.120. The number of nitrogens with zero attached hydrogens (tertiary/aromatic N) is 1. The van der Waals surface area contributed by atoms with Crippen molar-refractivity contribution in [1.29, 1.82) is 0 Å². The molecular weight excluding hydrogens is 354 g/mol. The van der Waals surface area contributed by atoms with Gasteiger partial charge in [0.25, 0.3) is 0 Å². The Morgan fingerprint density at radius 1 is 0.828 bits per heavy atom. The lowest BCUT2D eigenvalue weighted by Gasteiger charge is -2.11. The van der Waals surface area contributed by atoms with Gasteiger partial charge in [0.05, 0.1) is 5.69 Å². The first kappa shape index (κ1) is 13.7. The first-order valence-electron chi connectivity index (χ1n) is 11.6. The number of benzene rings is 3. The van der Waals surface area contributed by atoms with Crippen molar-refractivity contribution >= 4 is 21.9 Å². The summed E-state index contributed by atoms with van der Waals surface area (Å²) < 4.78 is 38.1. The second kappa shape index (κ2) is 6.89. The van der Waals surface area contributed by atoms with Crippen molar-refractivity contribution in [2.45, 2.75) is 26.6 Å². The second-order valence-corrected chi connectivity index (χ2v) is 7.51. The zero-order valence-electron chi connectivity index (χ0n) is 20.4. The molecule has 0 aliphatic heterocycles. The van der Waals surface area contributed by atoms with Crippen LogP contribution in [0.1, 0.15) is 36.4 Å². The Balaban J connectivity index is 1.63. The van der Waals surface area contributed by atoms with E-state index in [-0.39, 0.29) is 5.56 Å². The van der Waals surface area contributed by atoms with E-state index in [1.54, 1.807) is 19.9 Å². The number of aryl methyl sites for hydroxylation is 1. The molecular formula is C27H23NO. The third kappa shape index (κ3) is 3.11. The van der Waals surface area contributed by atoms with E-state index in [4.69, 9.17) is 9.90 Å². The van der Waals surface area contributed by atoms with Crippen molar-refractivity contribution in [2.75, 3.05) is 0 Å². The quantitative estimate of drug-likeness (QED) is 0.319. The standard InChI is InChI=1S/C27H23NO/c1-17(2)23-15-25(28-16-18(23)3)21-10-12-26-24(13-21)22-11-9-20(14-27(22)29-26)19-7-5-4-6-8-19/h4-17H,1-3H3/i3D3,17D. The summed E-state index contributed by atoms with van der Waals surface area (Å²) in [4.78, 5) is 4.44. The minimum atomic E-state index is -2.32. The normalized spacial score (nSPS) is 14.4. The fourth-order valence-electron chi connectivity index (χ4n) is 3.77. The number of furan rings is 1. The lowest BCUT2D eigenvalue weighted by molar-refractivity contribution is 0.669. The maximum absolute atomic E-state index is 8.47. The highest BCUT2D eigenvalue weighted by atomic mass is 16.3. The van der Waals surface area contributed by atoms with Gasteiger partial charge in [0.15, 0.2) is 0 Å². The maximum atomic E-state index is 8.47. The molecule has 0 saturated carbocycles. The van der Waals surface area contributed by atoms with Crippen LogP contribution >= 0.6 is 0 Å². The average Bonchev–Trinajstić information content (AvgIpc) is 3.15. The van der Waals surface area contributed by atoms with Crippen molar-refractivity contribution in [2.24, 2.45) is 0 Å². The highest BCUT2D eigenvalue weighted by Crippen LogP contribution is 2.35. The lowest BCUT2D eigenvalue weighted by atomic mass is 9.97. The van der Waals surface area contributed by atoms with Crippen LogP contribution < -0.4 is 0 Å². The zero-order chi connectivity index (χ0) is 23.4. The van der Waals surface area contributed by atoms with Crippen LogP contribution in [-0.2, 0) is 0 Å². The molecule has 142 valence electrons. The molecule has 0 N–H and O–H groups in total. The van der Waals surface area contributed by atoms with E-state index in [0.29, 0.717) is 11.3 Å². The van der Waals surface area contributed by atoms with Crippen LogP contribution in [0.15, 0.2) is 83.4 Å². The molecule has 0 radical (unpaired) electrons. The monoisotopic (exact) mass is 381 g/mol. The van der Waals surface area contributed by atoms with Gasteiger partial charge in [0.1, 0.15) is 11.2 Å². The van der Waals surface area contributed by atoms with E-state index in [0.717, 1.165) is 38.6 Å². The van der Waals surface area contributed by atoms with Gasteiger partial charge in [0.2, 0.25) is 0 Å². The van der Waals surface area contributed by atoms with Gasteiger partial charge in [0, 0.05) is 28.0 Å². The number of hydrogen-bond donors (Lipinski definition) is 0. The SMILES string of the molecule is [2H]C([2H])([2H])c1cnc(-c2ccc3oc4cc(-c5ccccc5)ccc4c3c2)cc1C([2H])(C)C. The molecule has 0 amide bonds. The summed E-state index contributed by atoms with van der Waals surface area (Å²) in [6.45, 7) is 1.07. The second-order valence-electron chi connectivity index (χ2n) is 7.51. The van der Waals surface area contributed by atoms with Crippen molar-refractivity contribution in [3.05, 3.63) is 90.1 Å². The number of pyridine rings is 1. The lowest BCUT2D eigenvalue weighted by Crippen LogP contribution is -1.95. The molecule has 2 aromatic heterocycles. The predicted octanol–water partition coefficient (Wildman–Crippen LogP) is 7.75. The topological polar surface area (TPSA) is 26.0 Å².